The first-order valence-electron chi connectivity index (χ1n) is 6.06. The van der Waals surface area contributed by atoms with Crippen LogP contribution in [0.2, 0.25) is 5.02 Å². The molecule has 100 valence electrons. The maximum Gasteiger partial charge on any atom is 0.128 e. The summed E-state index contributed by atoms with van der Waals surface area (Å²) >= 11 is 9.40. The minimum atomic E-state index is -0.209. The van der Waals surface area contributed by atoms with Crippen LogP contribution in [0.1, 0.15) is 24.1 Å². The molecule has 0 aliphatic carbocycles. The second kappa shape index (κ2) is 6.51. The Morgan fingerprint density at radius 2 is 2.00 bits per heavy atom. The van der Waals surface area contributed by atoms with Gasteiger partial charge in [0.2, 0.25) is 0 Å². The standard InChI is InChI=1S/C15H14BrClFN/c1-2-19-15(11-5-3-4-6-14(11)18)10-7-8-13(17)12(16)9-10/h3-9,15,19H,2H2,1H3. The molecule has 0 saturated heterocycles. The van der Waals surface area contributed by atoms with E-state index in [1.165, 1.54) is 6.07 Å². The Balaban J connectivity index is 2.45. The van der Waals surface area contributed by atoms with E-state index < -0.39 is 0 Å². The summed E-state index contributed by atoms with van der Waals surface area (Å²) in [7, 11) is 0. The fraction of sp³-hybridized carbons (Fsp3) is 0.200. The van der Waals surface area contributed by atoms with E-state index >= 15 is 0 Å². The lowest BCUT2D eigenvalue weighted by atomic mass is 9.98. The molecule has 0 spiro atoms. The molecule has 4 heteroatoms. The normalized spacial score (nSPS) is 12.4. The van der Waals surface area contributed by atoms with Gasteiger partial charge >= 0.3 is 0 Å². The minimum absolute atomic E-state index is 0.181. The van der Waals surface area contributed by atoms with Crippen LogP contribution in [0.4, 0.5) is 4.39 Å². The van der Waals surface area contributed by atoms with Crippen LogP contribution < -0.4 is 5.32 Å². The summed E-state index contributed by atoms with van der Waals surface area (Å²) in [6, 6.07) is 12.3. The molecule has 1 nitrogen and oxygen atoms in total. The molecule has 0 bridgehead atoms. The predicted molar refractivity (Wildman–Crippen MR) is 81.1 cm³/mol. The number of hydrogen-bond donors (Lipinski definition) is 1. The third-order valence-electron chi connectivity index (χ3n) is 2.90. The van der Waals surface area contributed by atoms with Crippen LogP contribution >= 0.6 is 27.5 Å². The molecule has 0 aromatic heterocycles. The van der Waals surface area contributed by atoms with Crippen LogP contribution in [0.25, 0.3) is 0 Å². The molecular weight excluding hydrogens is 329 g/mol. The van der Waals surface area contributed by atoms with E-state index in [0.29, 0.717) is 10.6 Å². The van der Waals surface area contributed by atoms with Crippen molar-refractivity contribution < 1.29 is 4.39 Å². The van der Waals surface area contributed by atoms with Crippen molar-refractivity contribution in [1.82, 2.24) is 5.32 Å². The molecule has 2 aromatic carbocycles. The van der Waals surface area contributed by atoms with E-state index in [2.05, 4.69) is 21.2 Å². The quantitative estimate of drug-likeness (QED) is 0.830. The first kappa shape index (κ1) is 14.5. The number of benzene rings is 2. The van der Waals surface area contributed by atoms with Crippen molar-refractivity contribution in [2.45, 2.75) is 13.0 Å². The predicted octanol–water partition coefficient (Wildman–Crippen LogP) is 4.94. The van der Waals surface area contributed by atoms with Gasteiger partial charge in [0.1, 0.15) is 5.82 Å². The highest BCUT2D eigenvalue weighted by Gasteiger charge is 2.17. The van der Waals surface area contributed by atoms with Gasteiger partial charge in [-0.25, -0.2) is 4.39 Å². The van der Waals surface area contributed by atoms with Crippen molar-refractivity contribution in [3.05, 3.63) is 68.9 Å². The highest BCUT2D eigenvalue weighted by atomic mass is 79.9. The van der Waals surface area contributed by atoms with Gasteiger partial charge in [-0.15, -0.1) is 0 Å². The van der Waals surface area contributed by atoms with Crippen LogP contribution in [0.3, 0.4) is 0 Å². The molecule has 1 unspecified atom stereocenters. The molecule has 2 rings (SSSR count). The second-order valence-electron chi connectivity index (χ2n) is 4.19. The molecule has 0 radical (unpaired) electrons. The monoisotopic (exact) mass is 341 g/mol. The lowest BCUT2D eigenvalue weighted by Crippen LogP contribution is -2.23. The zero-order chi connectivity index (χ0) is 13.8. The third kappa shape index (κ3) is 3.35. The SMILES string of the molecule is CCNC(c1ccc(Cl)c(Br)c1)c1ccccc1F. The zero-order valence-corrected chi connectivity index (χ0v) is 12.8. The van der Waals surface area contributed by atoms with Gasteiger partial charge in [-0.2, -0.15) is 0 Å². The van der Waals surface area contributed by atoms with E-state index in [4.69, 9.17) is 11.6 Å². The van der Waals surface area contributed by atoms with Gasteiger partial charge in [0.05, 0.1) is 11.1 Å². The maximum atomic E-state index is 14.0. The topological polar surface area (TPSA) is 12.0 Å². The lowest BCUT2D eigenvalue weighted by molar-refractivity contribution is 0.559. The van der Waals surface area contributed by atoms with Gasteiger partial charge < -0.3 is 5.32 Å². The van der Waals surface area contributed by atoms with Gasteiger partial charge in [-0.05, 0) is 46.2 Å². The first-order valence-corrected chi connectivity index (χ1v) is 7.23. The average Bonchev–Trinajstić information content (AvgIpc) is 2.40. The highest BCUT2D eigenvalue weighted by Crippen LogP contribution is 2.30. The molecular formula is C15H14BrClFN. The van der Waals surface area contributed by atoms with Crippen LogP contribution in [-0.2, 0) is 0 Å². The zero-order valence-electron chi connectivity index (χ0n) is 10.5. The third-order valence-corrected chi connectivity index (χ3v) is 4.12. The first-order chi connectivity index (χ1) is 9.13. The van der Waals surface area contributed by atoms with E-state index in [1.54, 1.807) is 12.1 Å². The van der Waals surface area contributed by atoms with Gasteiger partial charge in [0.25, 0.3) is 0 Å². The number of rotatable bonds is 4. The van der Waals surface area contributed by atoms with Gasteiger partial charge in [-0.1, -0.05) is 42.8 Å². The van der Waals surface area contributed by atoms with Crippen LogP contribution in [0, 0.1) is 5.82 Å². The van der Waals surface area contributed by atoms with Crippen molar-refractivity contribution in [3.63, 3.8) is 0 Å². The largest absolute Gasteiger partial charge is 0.306 e. The number of nitrogens with one attached hydrogen (secondary N) is 1. The Morgan fingerprint density at radius 3 is 2.63 bits per heavy atom. The highest BCUT2D eigenvalue weighted by molar-refractivity contribution is 9.10. The minimum Gasteiger partial charge on any atom is -0.306 e. The van der Waals surface area contributed by atoms with E-state index in [0.717, 1.165) is 16.6 Å². The van der Waals surface area contributed by atoms with E-state index in [-0.39, 0.29) is 11.9 Å². The van der Waals surface area contributed by atoms with Crippen molar-refractivity contribution in [2.75, 3.05) is 6.54 Å². The molecule has 19 heavy (non-hydrogen) atoms. The Morgan fingerprint density at radius 1 is 1.26 bits per heavy atom. The van der Waals surface area contributed by atoms with Gasteiger partial charge in [-0.3, -0.25) is 0 Å². The molecule has 0 saturated carbocycles. The molecule has 0 aliphatic rings. The van der Waals surface area contributed by atoms with Gasteiger partial charge in [0.15, 0.2) is 0 Å². The summed E-state index contributed by atoms with van der Waals surface area (Å²) in [4.78, 5) is 0. The van der Waals surface area contributed by atoms with Crippen LogP contribution in [0.5, 0.6) is 0 Å². The summed E-state index contributed by atoms with van der Waals surface area (Å²) in [6.45, 7) is 2.75. The molecule has 1 atom stereocenters. The summed E-state index contributed by atoms with van der Waals surface area (Å²) in [5.41, 5.74) is 1.61. The number of halogens is 3. The molecule has 0 aliphatic heterocycles. The van der Waals surface area contributed by atoms with Crippen LogP contribution in [0.15, 0.2) is 46.9 Å². The molecule has 0 amide bonds. The Hall–Kier alpha value is -0.900. The Labute approximate surface area is 125 Å². The van der Waals surface area contributed by atoms with Crippen molar-refractivity contribution in [1.29, 1.82) is 0 Å². The summed E-state index contributed by atoms with van der Waals surface area (Å²) in [6.07, 6.45) is 0. The van der Waals surface area contributed by atoms with Crippen LogP contribution in [-0.4, -0.2) is 6.54 Å². The lowest BCUT2D eigenvalue weighted by Gasteiger charge is -2.20. The molecule has 2 aromatic rings. The molecule has 1 N–H and O–H groups in total. The van der Waals surface area contributed by atoms with Gasteiger partial charge in [0, 0.05) is 10.0 Å². The summed E-state index contributed by atoms with van der Waals surface area (Å²) in [5, 5.41) is 3.94. The molecule has 0 heterocycles. The van der Waals surface area contributed by atoms with Crippen molar-refractivity contribution >= 4 is 27.5 Å². The Kier molecular flexibility index (Phi) is 4.97. The van der Waals surface area contributed by atoms with E-state index in [9.17, 15) is 4.39 Å². The summed E-state index contributed by atoms with van der Waals surface area (Å²) < 4.78 is 14.8. The maximum absolute atomic E-state index is 14.0. The van der Waals surface area contributed by atoms with Crippen molar-refractivity contribution in [3.8, 4) is 0 Å². The fourth-order valence-electron chi connectivity index (χ4n) is 2.01. The fourth-order valence-corrected chi connectivity index (χ4v) is 2.53. The Bertz CT molecular complexity index is 574. The number of hydrogen-bond acceptors (Lipinski definition) is 1. The van der Waals surface area contributed by atoms with Crippen molar-refractivity contribution in [2.24, 2.45) is 0 Å². The molecule has 0 fully saturated rings. The average molecular weight is 343 g/mol. The smallest absolute Gasteiger partial charge is 0.128 e. The van der Waals surface area contributed by atoms with E-state index in [1.807, 2.05) is 31.2 Å². The summed E-state index contributed by atoms with van der Waals surface area (Å²) in [5.74, 6) is -0.209. The second-order valence-corrected chi connectivity index (χ2v) is 5.45.